The van der Waals surface area contributed by atoms with Crippen LogP contribution in [0.25, 0.3) is 0 Å². The Morgan fingerprint density at radius 3 is 2.37 bits per heavy atom. The average Bonchev–Trinajstić information content (AvgIpc) is 2.72. The van der Waals surface area contributed by atoms with E-state index in [2.05, 4.69) is 14.9 Å². The largest absolute Gasteiger partial charge is 0.371 e. The number of hydrogen-bond donors (Lipinski definition) is 2. The number of piperidine rings is 1. The van der Waals surface area contributed by atoms with Gasteiger partial charge in [-0.2, -0.15) is 0 Å². The second-order valence-electron chi connectivity index (χ2n) is 7.96. The van der Waals surface area contributed by atoms with E-state index in [1.807, 2.05) is 38.1 Å². The van der Waals surface area contributed by atoms with Crippen molar-refractivity contribution in [2.24, 2.45) is 5.92 Å². The van der Waals surface area contributed by atoms with Crippen LogP contribution in [0.3, 0.4) is 0 Å². The van der Waals surface area contributed by atoms with E-state index in [0.717, 1.165) is 17.8 Å². The minimum Gasteiger partial charge on any atom is -0.371 e. The molecule has 1 heterocycles. The Kier molecular flexibility index (Phi) is 7.10. The molecule has 6 nitrogen and oxygen atoms in total. The summed E-state index contributed by atoms with van der Waals surface area (Å²) in [5, 5.41) is 2.96. The highest BCUT2D eigenvalue weighted by molar-refractivity contribution is 7.89. The van der Waals surface area contributed by atoms with E-state index < -0.39 is 15.8 Å². The molecule has 2 N–H and O–H groups in total. The van der Waals surface area contributed by atoms with Crippen molar-refractivity contribution in [3.8, 4) is 0 Å². The Hall–Kier alpha value is -2.45. The van der Waals surface area contributed by atoms with Crippen molar-refractivity contribution >= 4 is 21.6 Å². The second-order valence-corrected chi connectivity index (χ2v) is 9.67. The van der Waals surface area contributed by atoms with Gasteiger partial charge in [0.25, 0.3) is 5.91 Å². The number of para-hydroxylation sites is 1. The molecule has 0 saturated carbocycles. The molecule has 1 aliphatic heterocycles. The van der Waals surface area contributed by atoms with Crippen LogP contribution in [-0.2, 0) is 10.0 Å². The zero-order chi connectivity index (χ0) is 21.7. The van der Waals surface area contributed by atoms with Gasteiger partial charge in [-0.1, -0.05) is 26.0 Å². The van der Waals surface area contributed by atoms with Gasteiger partial charge in [0, 0.05) is 31.4 Å². The van der Waals surface area contributed by atoms with Crippen LogP contribution in [0.1, 0.15) is 37.0 Å². The topological polar surface area (TPSA) is 78.5 Å². The van der Waals surface area contributed by atoms with E-state index in [9.17, 15) is 17.6 Å². The van der Waals surface area contributed by atoms with E-state index in [1.54, 1.807) is 0 Å². The third-order valence-electron chi connectivity index (χ3n) is 5.10. The fraction of sp³-hybridized carbons (Fsp3) is 0.409. The lowest BCUT2D eigenvalue weighted by Gasteiger charge is -2.34. The molecule has 3 rings (SSSR count). The minimum absolute atomic E-state index is 0.0542. The molecule has 1 aliphatic rings. The maximum absolute atomic E-state index is 13.1. The van der Waals surface area contributed by atoms with Gasteiger partial charge in [0.1, 0.15) is 5.82 Å². The molecule has 8 heteroatoms. The Morgan fingerprint density at radius 2 is 1.73 bits per heavy atom. The molecule has 1 amide bonds. The van der Waals surface area contributed by atoms with Gasteiger partial charge in [-0.25, -0.2) is 17.5 Å². The predicted octanol–water partition coefficient (Wildman–Crippen LogP) is 3.16. The smallest absolute Gasteiger partial charge is 0.253 e. The summed E-state index contributed by atoms with van der Waals surface area (Å²) in [5.41, 5.74) is 1.49. The van der Waals surface area contributed by atoms with Gasteiger partial charge in [-0.05, 0) is 55.2 Å². The van der Waals surface area contributed by atoms with Crippen molar-refractivity contribution in [2.45, 2.75) is 37.6 Å². The summed E-state index contributed by atoms with van der Waals surface area (Å²) < 4.78 is 40.8. The monoisotopic (exact) mass is 433 g/mol. The van der Waals surface area contributed by atoms with Crippen LogP contribution in [0.4, 0.5) is 10.1 Å². The fourth-order valence-electron chi connectivity index (χ4n) is 3.47. The molecule has 1 fully saturated rings. The Balaban J connectivity index is 1.63. The number of benzene rings is 2. The van der Waals surface area contributed by atoms with Gasteiger partial charge in [-0.15, -0.1) is 0 Å². The van der Waals surface area contributed by atoms with Crippen LogP contribution in [0.2, 0.25) is 0 Å². The number of halogens is 1. The molecule has 0 aliphatic carbocycles. The highest BCUT2D eigenvalue weighted by atomic mass is 32.2. The first-order valence-corrected chi connectivity index (χ1v) is 11.6. The van der Waals surface area contributed by atoms with Gasteiger partial charge in [0.2, 0.25) is 10.0 Å². The van der Waals surface area contributed by atoms with Crippen molar-refractivity contribution in [1.29, 1.82) is 0 Å². The zero-order valence-electron chi connectivity index (χ0n) is 17.3. The number of sulfonamides is 1. The average molecular weight is 434 g/mol. The third kappa shape index (κ3) is 5.58. The van der Waals surface area contributed by atoms with E-state index >= 15 is 0 Å². The standard InChI is InChI=1S/C22H28FN3O3S/c1-16(2)15-24-22(27)20-5-3-4-6-21(20)26-13-11-18(12-14-26)25-30(28,29)19-9-7-17(23)8-10-19/h3-10,16,18,25H,11-15H2,1-2H3,(H,24,27). The van der Waals surface area contributed by atoms with Crippen LogP contribution in [0.5, 0.6) is 0 Å². The second kappa shape index (κ2) is 9.57. The van der Waals surface area contributed by atoms with Crippen LogP contribution >= 0.6 is 0 Å². The molecule has 0 spiro atoms. The van der Waals surface area contributed by atoms with Crippen LogP contribution in [-0.4, -0.2) is 40.0 Å². The van der Waals surface area contributed by atoms with Crippen molar-refractivity contribution in [3.63, 3.8) is 0 Å². The lowest BCUT2D eigenvalue weighted by Crippen LogP contribution is -2.45. The normalized spacial score (nSPS) is 15.4. The van der Waals surface area contributed by atoms with E-state index in [-0.39, 0.29) is 16.8 Å². The van der Waals surface area contributed by atoms with Gasteiger partial charge < -0.3 is 10.2 Å². The minimum atomic E-state index is -3.70. The molecule has 0 unspecified atom stereocenters. The maximum atomic E-state index is 13.1. The zero-order valence-corrected chi connectivity index (χ0v) is 18.1. The van der Waals surface area contributed by atoms with Crippen LogP contribution in [0, 0.1) is 11.7 Å². The molecule has 0 atom stereocenters. The van der Waals surface area contributed by atoms with E-state index in [1.165, 1.54) is 12.1 Å². The molecule has 0 radical (unpaired) electrons. The molecule has 0 bridgehead atoms. The summed E-state index contributed by atoms with van der Waals surface area (Å²) in [7, 11) is -3.70. The summed E-state index contributed by atoms with van der Waals surface area (Å²) in [6, 6.07) is 12.1. The van der Waals surface area contributed by atoms with Crippen molar-refractivity contribution < 1.29 is 17.6 Å². The van der Waals surface area contributed by atoms with Gasteiger partial charge in [0.05, 0.1) is 10.5 Å². The Morgan fingerprint density at radius 1 is 1.10 bits per heavy atom. The predicted molar refractivity (Wildman–Crippen MR) is 116 cm³/mol. The number of nitrogens with zero attached hydrogens (tertiary/aromatic N) is 1. The van der Waals surface area contributed by atoms with E-state index in [0.29, 0.717) is 44.0 Å². The van der Waals surface area contributed by atoms with Gasteiger partial charge in [-0.3, -0.25) is 4.79 Å². The molecule has 2 aromatic carbocycles. The van der Waals surface area contributed by atoms with Crippen LogP contribution < -0.4 is 14.9 Å². The quantitative estimate of drug-likeness (QED) is 0.703. The fourth-order valence-corrected chi connectivity index (χ4v) is 4.78. The summed E-state index contributed by atoms with van der Waals surface area (Å²) >= 11 is 0. The van der Waals surface area contributed by atoms with Gasteiger partial charge >= 0.3 is 0 Å². The number of carbonyl (C=O) groups is 1. The molecule has 2 aromatic rings. The molecule has 162 valence electrons. The number of nitrogens with one attached hydrogen (secondary N) is 2. The number of anilines is 1. The number of amides is 1. The highest BCUT2D eigenvalue weighted by Gasteiger charge is 2.26. The Labute approximate surface area is 177 Å². The molecular formula is C22H28FN3O3S. The summed E-state index contributed by atoms with van der Waals surface area (Å²) in [6.45, 7) is 5.96. The summed E-state index contributed by atoms with van der Waals surface area (Å²) in [6.07, 6.45) is 1.23. The van der Waals surface area contributed by atoms with Crippen molar-refractivity contribution in [3.05, 3.63) is 59.9 Å². The highest BCUT2D eigenvalue weighted by Crippen LogP contribution is 2.25. The molecule has 1 saturated heterocycles. The lowest BCUT2D eigenvalue weighted by molar-refractivity contribution is 0.0949. The molecular weight excluding hydrogens is 405 g/mol. The van der Waals surface area contributed by atoms with E-state index in [4.69, 9.17) is 0 Å². The number of rotatable bonds is 7. The molecule has 0 aromatic heterocycles. The van der Waals surface area contributed by atoms with Crippen molar-refractivity contribution in [1.82, 2.24) is 10.0 Å². The lowest BCUT2D eigenvalue weighted by atomic mass is 10.0. The van der Waals surface area contributed by atoms with Gasteiger partial charge in [0.15, 0.2) is 0 Å². The number of carbonyl (C=O) groups excluding carboxylic acids is 1. The van der Waals surface area contributed by atoms with Crippen LogP contribution in [0.15, 0.2) is 53.4 Å². The SMILES string of the molecule is CC(C)CNC(=O)c1ccccc1N1CCC(NS(=O)(=O)c2ccc(F)cc2)CC1. The summed E-state index contributed by atoms with van der Waals surface area (Å²) in [5.74, 6) is -0.206. The molecule has 30 heavy (non-hydrogen) atoms. The maximum Gasteiger partial charge on any atom is 0.253 e. The first-order valence-electron chi connectivity index (χ1n) is 10.2. The third-order valence-corrected chi connectivity index (χ3v) is 6.64. The Bertz CT molecular complexity index is 969. The first kappa shape index (κ1) is 22.2. The first-order chi connectivity index (χ1) is 14.3. The summed E-state index contributed by atoms with van der Waals surface area (Å²) in [4.78, 5) is 14.8. The number of hydrogen-bond acceptors (Lipinski definition) is 4. The van der Waals surface area contributed by atoms with Crippen molar-refractivity contribution in [2.75, 3.05) is 24.5 Å².